The van der Waals surface area contributed by atoms with Crippen LogP contribution in [-0.4, -0.2) is 25.8 Å². The van der Waals surface area contributed by atoms with Gasteiger partial charge in [0.1, 0.15) is 5.69 Å². The molecule has 0 saturated heterocycles. The lowest BCUT2D eigenvalue weighted by Crippen LogP contribution is -2.13. The van der Waals surface area contributed by atoms with Gasteiger partial charge in [-0.2, -0.15) is 5.10 Å². The van der Waals surface area contributed by atoms with Crippen LogP contribution < -0.4 is 5.32 Å². The molecule has 23 heavy (non-hydrogen) atoms. The Balaban J connectivity index is 1.71. The summed E-state index contributed by atoms with van der Waals surface area (Å²) in [6.45, 7) is 2.11. The van der Waals surface area contributed by atoms with Crippen LogP contribution in [0.25, 0.3) is 5.69 Å². The van der Waals surface area contributed by atoms with Gasteiger partial charge in [-0.1, -0.05) is 18.5 Å². The van der Waals surface area contributed by atoms with Gasteiger partial charge in [0.15, 0.2) is 0 Å². The van der Waals surface area contributed by atoms with Gasteiger partial charge < -0.3 is 4.52 Å². The normalized spacial score (nSPS) is 10.7. The maximum Gasteiger partial charge on any atom is 0.276 e. The molecule has 0 fully saturated rings. The van der Waals surface area contributed by atoms with Crippen molar-refractivity contribution in [3.63, 3.8) is 0 Å². The number of anilines is 1. The highest BCUT2D eigenvalue weighted by molar-refractivity contribution is 6.02. The van der Waals surface area contributed by atoms with E-state index in [1.54, 1.807) is 41.5 Å². The van der Waals surface area contributed by atoms with E-state index in [0.29, 0.717) is 5.88 Å². The molecule has 0 atom stereocenters. The van der Waals surface area contributed by atoms with Crippen molar-refractivity contribution in [3.8, 4) is 5.69 Å². The fraction of sp³-hybridized carbons (Fsp3) is 0.250. The summed E-state index contributed by atoms with van der Waals surface area (Å²) >= 11 is 0. The molecule has 0 aliphatic rings. The maximum atomic E-state index is 12.3. The molecular weight excluding hydrogens is 294 g/mol. The van der Waals surface area contributed by atoms with E-state index in [9.17, 15) is 4.79 Å². The Morgan fingerprint density at radius 2 is 2.26 bits per heavy atom. The van der Waals surface area contributed by atoms with Gasteiger partial charge in [-0.3, -0.25) is 15.1 Å². The van der Waals surface area contributed by atoms with Crippen molar-refractivity contribution in [2.24, 2.45) is 0 Å². The molecule has 1 amide bonds. The third-order valence-electron chi connectivity index (χ3n) is 3.33. The lowest BCUT2D eigenvalue weighted by atomic mass is 10.2. The van der Waals surface area contributed by atoms with Gasteiger partial charge in [0.05, 0.1) is 11.4 Å². The SMILES string of the molecule is CCCCc1cc(NC(=O)c2cc(-n3cccn3)ccn2)on1. The van der Waals surface area contributed by atoms with Crippen molar-refractivity contribution >= 4 is 11.8 Å². The van der Waals surface area contributed by atoms with Gasteiger partial charge in [0, 0.05) is 24.7 Å². The third-order valence-corrected chi connectivity index (χ3v) is 3.33. The van der Waals surface area contributed by atoms with E-state index >= 15 is 0 Å². The summed E-state index contributed by atoms with van der Waals surface area (Å²) in [5.74, 6) is -0.0235. The number of hydrogen-bond acceptors (Lipinski definition) is 5. The summed E-state index contributed by atoms with van der Waals surface area (Å²) in [6, 6.07) is 7.00. The molecule has 0 unspecified atom stereocenters. The van der Waals surface area contributed by atoms with E-state index < -0.39 is 0 Å². The molecule has 3 aromatic heterocycles. The minimum absolute atomic E-state index is 0.282. The lowest BCUT2D eigenvalue weighted by molar-refractivity contribution is 0.101. The van der Waals surface area contributed by atoms with Crippen LogP contribution in [0.15, 0.2) is 47.4 Å². The Morgan fingerprint density at radius 1 is 1.35 bits per heavy atom. The molecule has 0 aliphatic heterocycles. The lowest BCUT2D eigenvalue weighted by Gasteiger charge is -2.04. The number of nitrogens with one attached hydrogen (secondary N) is 1. The van der Waals surface area contributed by atoms with Crippen LogP contribution >= 0.6 is 0 Å². The number of rotatable bonds is 6. The second kappa shape index (κ2) is 6.87. The number of aryl methyl sites for hydroxylation is 1. The zero-order valence-corrected chi connectivity index (χ0v) is 12.8. The highest BCUT2D eigenvalue weighted by Gasteiger charge is 2.12. The average Bonchev–Trinajstić information content (AvgIpc) is 3.25. The Hall–Kier alpha value is -2.96. The standard InChI is InChI=1S/C16H17N5O2/c1-2-3-5-12-10-15(23-20-12)19-16(22)14-11-13(6-8-17-14)21-9-4-7-18-21/h4,6-11H,2-3,5H2,1H3,(H,19,22). The number of hydrogen-bond donors (Lipinski definition) is 1. The van der Waals surface area contributed by atoms with Gasteiger partial charge in [-0.25, -0.2) is 4.68 Å². The summed E-state index contributed by atoms with van der Waals surface area (Å²) in [4.78, 5) is 16.4. The molecule has 0 bridgehead atoms. The van der Waals surface area contributed by atoms with Crippen LogP contribution in [0.4, 0.5) is 5.88 Å². The molecule has 0 radical (unpaired) electrons. The molecule has 3 aromatic rings. The monoisotopic (exact) mass is 311 g/mol. The Morgan fingerprint density at radius 3 is 3.04 bits per heavy atom. The predicted molar refractivity (Wildman–Crippen MR) is 84.4 cm³/mol. The second-order valence-electron chi connectivity index (χ2n) is 5.09. The first kappa shape index (κ1) is 15.0. The molecule has 3 rings (SSSR count). The largest absolute Gasteiger partial charge is 0.338 e. The van der Waals surface area contributed by atoms with Crippen molar-refractivity contribution in [2.75, 3.05) is 5.32 Å². The molecule has 7 nitrogen and oxygen atoms in total. The first-order valence-electron chi connectivity index (χ1n) is 7.49. The van der Waals surface area contributed by atoms with Crippen molar-refractivity contribution in [2.45, 2.75) is 26.2 Å². The summed E-state index contributed by atoms with van der Waals surface area (Å²) in [6.07, 6.45) is 7.99. The fourth-order valence-corrected chi connectivity index (χ4v) is 2.13. The van der Waals surface area contributed by atoms with Gasteiger partial charge in [0.2, 0.25) is 5.88 Å². The number of amides is 1. The first-order valence-corrected chi connectivity index (χ1v) is 7.49. The number of aromatic nitrogens is 4. The molecule has 3 heterocycles. The number of nitrogens with zero attached hydrogens (tertiary/aromatic N) is 4. The summed E-state index contributed by atoms with van der Waals surface area (Å²) in [5.41, 5.74) is 1.88. The van der Waals surface area contributed by atoms with Gasteiger partial charge in [-0.15, -0.1) is 0 Å². The van der Waals surface area contributed by atoms with Crippen LogP contribution in [-0.2, 0) is 6.42 Å². The highest BCUT2D eigenvalue weighted by atomic mass is 16.5. The summed E-state index contributed by atoms with van der Waals surface area (Å²) in [5, 5.41) is 10.7. The fourth-order valence-electron chi connectivity index (χ4n) is 2.13. The summed E-state index contributed by atoms with van der Waals surface area (Å²) in [7, 11) is 0. The molecule has 0 aliphatic carbocycles. The van der Waals surface area contributed by atoms with Crippen molar-refractivity contribution in [1.29, 1.82) is 0 Å². The van der Waals surface area contributed by atoms with Gasteiger partial charge in [0.25, 0.3) is 5.91 Å². The second-order valence-corrected chi connectivity index (χ2v) is 5.09. The van der Waals surface area contributed by atoms with E-state index in [4.69, 9.17) is 4.52 Å². The minimum atomic E-state index is -0.350. The first-order chi connectivity index (χ1) is 11.3. The van der Waals surface area contributed by atoms with Crippen LogP contribution in [0.1, 0.15) is 35.9 Å². The number of unbranched alkanes of at least 4 members (excludes halogenated alkanes) is 1. The quantitative estimate of drug-likeness (QED) is 0.756. The van der Waals surface area contributed by atoms with Crippen LogP contribution in [0, 0.1) is 0 Å². The Bertz CT molecular complexity index is 779. The molecule has 7 heteroatoms. The van der Waals surface area contributed by atoms with Crippen LogP contribution in [0.5, 0.6) is 0 Å². The molecule has 0 aromatic carbocycles. The Labute approximate surface area is 133 Å². The maximum absolute atomic E-state index is 12.3. The molecule has 0 spiro atoms. The zero-order valence-electron chi connectivity index (χ0n) is 12.8. The van der Waals surface area contributed by atoms with E-state index in [2.05, 4.69) is 27.5 Å². The van der Waals surface area contributed by atoms with E-state index in [1.165, 1.54) is 0 Å². The van der Waals surface area contributed by atoms with Crippen molar-refractivity contribution in [3.05, 3.63) is 54.2 Å². The summed E-state index contributed by atoms with van der Waals surface area (Å²) < 4.78 is 6.79. The molecule has 1 N–H and O–H groups in total. The van der Waals surface area contributed by atoms with E-state index in [0.717, 1.165) is 30.6 Å². The average molecular weight is 311 g/mol. The van der Waals surface area contributed by atoms with Crippen LogP contribution in [0.3, 0.4) is 0 Å². The molecular formula is C16H17N5O2. The topological polar surface area (TPSA) is 85.8 Å². The Kier molecular flexibility index (Phi) is 4.46. The number of carbonyl (C=O) groups excluding carboxylic acids is 1. The number of pyridine rings is 1. The molecule has 0 saturated carbocycles. The predicted octanol–water partition coefficient (Wildman–Crippen LogP) is 2.85. The third kappa shape index (κ3) is 3.63. The van der Waals surface area contributed by atoms with Crippen molar-refractivity contribution in [1.82, 2.24) is 19.9 Å². The zero-order chi connectivity index (χ0) is 16.1. The van der Waals surface area contributed by atoms with Gasteiger partial charge in [-0.05, 0) is 31.0 Å². The van der Waals surface area contributed by atoms with Crippen LogP contribution in [0.2, 0.25) is 0 Å². The van der Waals surface area contributed by atoms with E-state index in [1.807, 2.05) is 6.07 Å². The highest BCUT2D eigenvalue weighted by Crippen LogP contribution is 2.14. The van der Waals surface area contributed by atoms with Gasteiger partial charge >= 0.3 is 0 Å². The van der Waals surface area contributed by atoms with Crippen molar-refractivity contribution < 1.29 is 9.32 Å². The number of carbonyl (C=O) groups is 1. The smallest absolute Gasteiger partial charge is 0.276 e. The van der Waals surface area contributed by atoms with E-state index in [-0.39, 0.29) is 11.6 Å². The molecule has 118 valence electrons. The minimum Gasteiger partial charge on any atom is -0.338 e.